The van der Waals surface area contributed by atoms with Crippen LogP contribution in [0.3, 0.4) is 0 Å². The van der Waals surface area contributed by atoms with Gasteiger partial charge >= 0.3 is 0 Å². The molecule has 2 saturated heterocycles. The molecule has 0 aromatic rings. The number of likely N-dealkylation sites (N-methyl/N-ethyl adjacent to an activating group) is 1. The molecule has 0 N–H and O–H groups in total. The first-order chi connectivity index (χ1) is 11.1. The van der Waals surface area contributed by atoms with E-state index in [1.54, 1.807) is 4.90 Å². The van der Waals surface area contributed by atoms with Gasteiger partial charge in [-0.3, -0.25) is 4.79 Å². The highest BCUT2D eigenvalue weighted by Gasteiger charge is 2.36. The summed E-state index contributed by atoms with van der Waals surface area (Å²) in [6.45, 7) is 6.06. The molecular weight excluding hydrogens is 354 g/mol. The van der Waals surface area contributed by atoms with Crippen molar-refractivity contribution in [2.45, 2.75) is 25.8 Å². The summed E-state index contributed by atoms with van der Waals surface area (Å²) in [7, 11) is -6.72. The van der Waals surface area contributed by atoms with E-state index in [0.29, 0.717) is 19.5 Å². The summed E-state index contributed by atoms with van der Waals surface area (Å²) < 4.78 is 48.4. The minimum Gasteiger partial charge on any atom is -0.340 e. The molecule has 1 amide bonds. The van der Waals surface area contributed by atoms with E-state index in [4.69, 9.17) is 0 Å². The van der Waals surface area contributed by atoms with E-state index in [1.165, 1.54) is 4.31 Å². The van der Waals surface area contributed by atoms with Crippen molar-refractivity contribution in [3.63, 3.8) is 0 Å². The van der Waals surface area contributed by atoms with Crippen LogP contribution in [-0.2, 0) is 24.7 Å². The first-order valence-corrected chi connectivity index (χ1v) is 12.0. The van der Waals surface area contributed by atoms with Gasteiger partial charge in [-0.05, 0) is 13.0 Å². The Morgan fingerprint density at radius 2 is 1.83 bits per heavy atom. The Balaban J connectivity index is 1.93. The van der Waals surface area contributed by atoms with E-state index >= 15 is 0 Å². The van der Waals surface area contributed by atoms with Crippen molar-refractivity contribution in [2.75, 3.05) is 57.0 Å². The Morgan fingerprint density at radius 1 is 1.21 bits per heavy atom. The molecule has 2 fully saturated rings. The van der Waals surface area contributed by atoms with Crippen LogP contribution >= 0.6 is 0 Å². The molecule has 0 saturated carbocycles. The quantitative estimate of drug-likeness (QED) is 0.585. The predicted octanol–water partition coefficient (Wildman–Crippen LogP) is -1.01. The normalized spacial score (nSPS) is 25.3. The summed E-state index contributed by atoms with van der Waals surface area (Å²) in [4.78, 5) is 16.4. The fourth-order valence-electron chi connectivity index (χ4n) is 3.30. The van der Waals surface area contributed by atoms with Gasteiger partial charge in [-0.15, -0.1) is 0 Å². The van der Waals surface area contributed by atoms with Gasteiger partial charge in [-0.25, -0.2) is 16.8 Å². The number of piperazine rings is 1. The van der Waals surface area contributed by atoms with Crippen LogP contribution < -0.4 is 0 Å². The zero-order valence-corrected chi connectivity index (χ0v) is 16.0. The van der Waals surface area contributed by atoms with E-state index < -0.39 is 25.9 Å². The van der Waals surface area contributed by atoms with Gasteiger partial charge in [0.25, 0.3) is 0 Å². The molecule has 0 aliphatic carbocycles. The van der Waals surface area contributed by atoms with Crippen molar-refractivity contribution in [1.29, 1.82) is 0 Å². The van der Waals surface area contributed by atoms with E-state index in [2.05, 4.69) is 11.8 Å². The van der Waals surface area contributed by atoms with Crippen LogP contribution in [-0.4, -0.2) is 99.9 Å². The number of carbonyl (C=O) groups excluding carboxylic acids is 1. The number of rotatable bonds is 6. The number of sulfonamides is 1. The molecule has 1 atom stereocenters. The molecule has 10 heteroatoms. The van der Waals surface area contributed by atoms with Gasteiger partial charge in [0.1, 0.15) is 0 Å². The van der Waals surface area contributed by atoms with Crippen molar-refractivity contribution in [3.05, 3.63) is 0 Å². The molecule has 24 heavy (non-hydrogen) atoms. The van der Waals surface area contributed by atoms with Crippen molar-refractivity contribution < 1.29 is 21.6 Å². The second kappa shape index (κ2) is 7.67. The van der Waals surface area contributed by atoms with Gasteiger partial charge in [0.15, 0.2) is 9.84 Å². The van der Waals surface area contributed by atoms with Crippen LogP contribution in [0, 0.1) is 0 Å². The molecule has 0 aromatic carbocycles. The van der Waals surface area contributed by atoms with Gasteiger partial charge < -0.3 is 9.80 Å². The van der Waals surface area contributed by atoms with Crippen LogP contribution in [0.15, 0.2) is 0 Å². The molecule has 1 unspecified atom stereocenters. The fraction of sp³-hybridized carbons (Fsp3) is 0.929. The maximum Gasteiger partial charge on any atom is 0.223 e. The topological polar surface area (TPSA) is 95.1 Å². The highest BCUT2D eigenvalue weighted by molar-refractivity contribution is 7.92. The van der Waals surface area contributed by atoms with Gasteiger partial charge in [0, 0.05) is 45.2 Å². The zero-order chi connectivity index (χ0) is 18.0. The molecule has 0 bridgehead atoms. The van der Waals surface area contributed by atoms with Crippen LogP contribution in [0.5, 0.6) is 0 Å². The maximum absolute atomic E-state index is 12.3. The van der Waals surface area contributed by atoms with E-state index in [9.17, 15) is 21.6 Å². The van der Waals surface area contributed by atoms with Gasteiger partial charge in [-0.2, -0.15) is 4.31 Å². The smallest absolute Gasteiger partial charge is 0.223 e. The highest BCUT2D eigenvalue weighted by Crippen LogP contribution is 2.20. The first kappa shape index (κ1) is 19.6. The number of hydrogen-bond donors (Lipinski definition) is 0. The summed E-state index contributed by atoms with van der Waals surface area (Å²) in [5.41, 5.74) is 0. The molecule has 8 nitrogen and oxygen atoms in total. The zero-order valence-electron chi connectivity index (χ0n) is 14.3. The molecule has 0 aromatic heterocycles. The van der Waals surface area contributed by atoms with Gasteiger partial charge in [0.2, 0.25) is 15.9 Å². The van der Waals surface area contributed by atoms with Crippen molar-refractivity contribution >= 4 is 25.8 Å². The lowest BCUT2D eigenvalue weighted by Crippen LogP contribution is -2.49. The average molecular weight is 382 g/mol. The van der Waals surface area contributed by atoms with Crippen molar-refractivity contribution in [1.82, 2.24) is 14.1 Å². The monoisotopic (exact) mass is 381 g/mol. The number of hydrogen-bond acceptors (Lipinski definition) is 6. The molecule has 2 rings (SSSR count). The van der Waals surface area contributed by atoms with Crippen molar-refractivity contribution in [3.8, 4) is 0 Å². The lowest BCUT2D eigenvalue weighted by atomic mass is 10.2. The third-order valence-electron chi connectivity index (χ3n) is 4.76. The molecule has 0 radical (unpaired) electrons. The SMILES string of the molecule is CCN1CCN(C(=O)CCN(C2CCS(=O)(=O)C2)S(C)(=O)=O)CC1. The summed E-state index contributed by atoms with van der Waals surface area (Å²) >= 11 is 0. The standard InChI is InChI=1S/C14H27N3O5S2/c1-3-15-7-9-16(10-8-15)14(18)4-6-17(23(2,19)20)13-5-11-24(21,22)12-13/h13H,3-12H2,1-2H3. The van der Waals surface area contributed by atoms with Crippen LogP contribution in [0.4, 0.5) is 0 Å². The number of amides is 1. The molecule has 140 valence electrons. The lowest BCUT2D eigenvalue weighted by molar-refractivity contribution is -0.133. The Morgan fingerprint density at radius 3 is 2.29 bits per heavy atom. The molecule has 2 aliphatic heterocycles. The van der Waals surface area contributed by atoms with E-state index in [1.807, 2.05) is 0 Å². The number of nitrogens with zero attached hydrogens (tertiary/aromatic N) is 3. The summed E-state index contributed by atoms with van der Waals surface area (Å²) in [5, 5.41) is 0. The van der Waals surface area contributed by atoms with Crippen LogP contribution in [0.2, 0.25) is 0 Å². The Labute approximate surface area is 144 Å². The Hall–Kier alpha value is -0.710. The molecule has 2 aliphatic rings. The maximum atomic E-state index is 12.3. The summed E-state index contributed by atoms with van der Waals surface area (Å²) in [6.07, 6.45) is 1.47. The highest BCUT2D eigenvalue weighted by atomic mass is 32.2. The lowest BCUT2D eigenvalue weighted by Gasteiger charge is -2.34. The van der Waals surface area contributed by atoms with E-state index in [-0.39, 0.29) is 30.4 Å². The molecule has 0 spiro atoms. The summed E-state index contributed by atoms with van der Waals surface area (Å²) in [5.74, 6) is -0.208. The first-order valence-electron chi connectivity index (χ1n) is 8.30. The minimum absolute atomic E-state index is 0.0105. The Kier molecular flexibility index (Phi) is 6.27. The second-order valence-corrected chi connectivity index (χ2v) is 10.7. The third kappa shape index (κ3) is 5.14. The molecular formula is C14H27N3O5S2. The van der Waals surface area contributed by atoms with E-state index in [0.717, 1.165) is 25.9 Å². The average Bonchev–Trinajstić information content (AvgIpc) is 2.85. The largest absolute Gasteiger partial charge is 0.340 e. The third-order valence-corrected chi connectivity index (χ3v) is 7.84. The number of sulfone groups is 1. The predicted molar refractivity (Wildman–Crippen MR) is 91.9 cm³/mol. The van der Waals surface area contributed by atoms with Crippen molar-refractivity contribution in [2.24, 2.45) is 0 Å². The molecule has 2 heterocycles. The summed E-state index contributed by atoms with van der Waals surface area (Å²) in [6, 6.07) is -0.547. The fourth-order valence-corrected chi connectivity index (χ4v) is 6.27. The number of carbonyl (C=O) groups is 1. The van der Waals surface area contributed by atoms with Crippen LogP contribution in [0.25, 0.3) is 0 Å². The van der Waals surface area contributed by atoms with Crippen LogP contribution in [0.1, 0.15) is 19.8 Å². The van der Waals surface area contributed by atoms with Gasteiger partial charge in [-0.1, -0.05) is 6.92 Å². The van der Waals surface area contributed by atoms with Gasteiger partial charge in [0.05, 0.1) is 17.8 Å². The minimum atomic E-state index is -3.55. The second-order valence-electron chi connectivity index (χ2n) is 6.50. The Bertz CT molecular complexity index is 654.